The van der Waals surface area contributed by atoms with Crippen LogP contribution in [0.5, 0.6) is 5.75 Å². The highest BCUT2D eigenvalue weighted by molar-refractivity contribution is 6.15. The van der Waals surface area contributed by atoms with E-state index in [1.807, 2.05) is 0 Å². The summed E-state index contributed by atoms with van der Waals surface area (Å²) in [7, 11) is 0. The topological polar surface area (TPSA) is 120 Å². The first-order valence-corrected chi connectivity index (χ1v) is 5.53. The normalized spacial score (nSPS) is 13.4. The van der Waals surface area contributed by atoms with Gasteiger partial charge in [0.25, 0.3) is 0 Å². The van der Waals surface area contributed by atoms with Crippen LogP contribution in [0.3, 0.4) is 0 Å². The van der Waals surface area contributed by atoms with Crippen LogP contribution in [0.4, 0.5) is 0 Å². The summed E-state index contributed by atoms with van der Waals surface area (Å²) in [6, 6.07) is 2.81. The number of carbonyl (C=O) groups is 3. The first kappa shape index (κ1) is 14.8. The molecule has 0 bridgehead atoms. The van der Waals surface area contributed by atoms with E-state index in [1.54, 1.807) is 6.92 Å². The van der Waals surface area contributed by atoms with Crippen LogP contribution < -0.4 is 10.5 Å². The van der Waals surface area contributed by atoms with Gasteiger partial charge in [-0.2, -0.15) is 0 Å². The third kappa shape index (κ3) is 3.14. The molecule has 19 heavy (non-hydrogen) atoms. The Morgan fingerprint density at radius 2 is 2.11 bits per heavy atom. The maximum atomic E-state index is 12.0. The minimum atomic E-state index is -2.14. The van der Waals surface area contributed by atoms with Gasteiger partial charge in [-0.25, -0.2) is 9.78 Å². The van der Waals surface area contributed by atoms with E-state index < -0.39 is 23.3 Å². The number of carboxylic acids is 1. The fourth-order valence-electron chi connectivity index (χ4n) is 1.18. The number of hydrogen-bond acceptors (Lipinski definition) is 6. The van der Waals surface area contributed by atoms with E-state index in [2.05, 4.69) is 4.98 Å². The van der Waals surface area contributed by atoms with Crippen LogP contribution in [-0.4, -0.2) is 33.4 Å². The largest absolute Gasteiger partial charge is 0.480 e. The summed E-state index contributed by atoms with van der Waals surface area (Å²) in [5.74, 6) is -3.08. The minimum absolute atomic E-state index is 0.0997. The Hall–Kier alpha value is -2.28. The van der Waals surface area contributed by atoms with E-state index in [1.165, 1.54) is 18.3 Å². The van der Waals surface area contributed by atoms with Crippen molar-refractivity contribution in [3.05, 3.63) is 24.0 Å². The number of Topliss-reactive ketones (excluding diaryl/α,β-unsaturated/α-hetero) is 1. The second-order valence-corrected chi connectivity index (χ2v) is 4.01. The quantitative estimate of drug-likeness (QED) is 0.449. The molecule has 102 valence electrons. The molecule has 1 atom stereocenters. The molecule has 0 fully saturated rings. The number of ether oxygens (including phenoxy) is 1. The van der Waals surface area contributed by atoms with Crippen LogP contribution in [0, 0.1) is 0 Å². The summed E-state index contributed by atoms with van der Waals surface area (Å²) in [5, 5.41) is 8.91. The Bertz CT molecular complexity index is 525. The number of carbonyl (C=O) groups excluding carboxylic acids is 2. The molecule has 1 aromatic rings. The second kappa shape index (κ2) is 5.57. The Kier molecular flexibility index (Phi) is 4.34. The minimum Gasteiger partial charge on any atom is -0.480 e. The highest BCUT2D eigenvalue weighted by Gasteiger charge is 2.39. The molecule has 0 aliphatic rings. The van der Waals surface area contributed by atoms with Crippen molar-refractivity contribution in [3.8, 4) is 5.75 Å². The fraction of sp³-hybridized carbons (Fsp3) is 0.333. The maximum Gasteiger partial charge on any atom is 0.331 e. The zero-order valence-corrected chi connectivity index (χ0v) is 10.5. The average Bonchev–Trinajstić information content (AvgIpc) is 2.38. The maximum absolute atomic E-state index is 12.0. The number of carboxylic acid groups (broad SMARTS) is 1. The van der Waals surface area contributed by atoms with Gasteiger partial charge >= 0.3 is 11.9 Å². The van der Waals surface area contributed by atoms with Crippen LogP contribution >= 0.6 is 0 Å². The van der Waals surface area contributed by atoms with Crippen molar-refractivity contribution in [2.75, 3.05) is 0 Å². The molecule has 7 heteroatoms. The molecule has 3 N–H and O–H groups in total. The fourth-order valence-corrected chi connectivity index (χ4v) is 1.18. The monoisotopic (exact) mass is 266 g/mol. The molecule has 1 heterocycles. The van der Waals surface area contributed by atoms with E-state index in [4.69, 9.17) is 15.6 Å². The van der Waals surface area contributed by atoms with Crippen molar-refractivity contribution in [2.24, 2.45) is 5.73 Å². The van der Waals surface area contributed by atoms with Gasteiger partial charge in [-0.15, -0.1) is 0 Å². The molecular weight excluding hydrogens is 252 g/mol. The summed E-state index contributed by atoms with van der Waals surface area (Å²) < 4.78 is 4.92. The summed E-state index contributed by atoms with van der Waals surface area (Å²) in [4.78, 5) is 38.0. The standard InChI is InChI=1S/C12H14N2O5/c1-3-8(15)19-7-5-4-6-14-9(7)10(16)12(2,13)11(17)18/h4-6H,3,13H2,1-2H3,(H,17,18). The van der Waals surface area contributed by atoms with Crippen molar-refractivity contribution >= 4 is 17.7 Å². The van der Waals surface area contributed by atoms with Crippen LogP contribution in [0.25, 0.3) is 0 Å². The summed E-state index contributed by atoms with van der Waals surface area (Å²) in [6.45, 7) is 2.64. The number of ketones is 1. The number of nitrogens with zero attached hydrogens (tertiary/aromatic N) is 1. The molecule has 0 radical (unpaired) electrons. The third-order valence-corrected chi connectivity index (χ3v) is 2.41. The van der Waals surface area contributed by atoms with Gasteiger partial charge in [0.15, 0.2) is 17.0 Å². The molecule has 0 aromatic carbocycles. The average molecular weight is 266 g/mol. The number of aromatic nitrogens is 1. The van der Waals surface area contributed by atoms with E-state index in [-0.39, 0.29) is 17.9 Å². The molecule has 0 aliphatic heterocycles. The number of rotatable bonds is 5. The lowest BCUT2D eigenvalue weighted by Gasteiger charge is -2.18. The molecule has 0 saturated heterocycles. The number of nitrogens with two attached hydrogens (primary N) is 1. The summed E-state index contributed by atoms with van der Waals surface area (Å²) in [5.41, 5.74) is 3.02. The van der Waals surface area contributed by atoms with E-state index in [0.717, 1.165) is 6.92 Å². The lowest BCUT2D eigenvalue weighted by Crippen LogP contribution is -2.52. The van der Waals surface area contributed by atoms with Crippen LogP contribution in [0.1, 0.15) is 30.8 Å². The number of aliphatic carboxylic acids is 1. The zero-order valence-electron chi connectivity index (χ0n) is 10.5. The Morgan fingerprint density at radius 1 is 1.47 bits per heavy atom. The zero-order chi connectivity index (χ0) is 14.6. The van der Waals surface area contributed by atoms with Crippen molar-refractivity contribution in [1.82, 2.24) is 4.98 Å². The van der Waals surface area contributed by atoms with Crippen molar-refractivity contribution in [2.45, 2.75) is 25.8 Å². The van der Waals surface area contributed by atoms with Gasteiger partial charge in [-0.1, -0.05) is 6.92 Å². The van der Waals surface area contributed by atoms with E-state index >= 15 is 0 Å². The van der Waals surface area contributed by atoms with Gasteiger partial charge in [0.05, 0.1) is 0 Å². The smallest absolute Gasteiger partial charge is 0.331 e. The lowest BCUT2D eigenvalue weighted by atomic mass is 9.95. The Morgan fingerprint density at radius 3 is 2.63 bits per heavy atom. The van der Waals surface area contributed by atoms with Gasteiger partial charge in [-0.3, -0.25) is 9.59 Å². The van der Waals surface area contributed by atoms with Crippen LogP contribution in [-0.2, 0) is 9.59 Å². The van der Waals surface area contributed by atoms with Crippen molar-refractivity contribution in [3.63, 3.8) is 0 Å². The van der Waals surface area contributed by atoms with Gasteiger partial charge in [0.1, 0.15) is 0 Å². The lowest BCUT2D eigenvalue weighted by molar-refractivity contribution is -0.140. The molecule has 1 unspecified atom stereocenters. The van der Waals surface area contributed by atoms with Gasteiger partial charge in [0.2, 0.25) is 5.78 Å². The first-order chi connectivity index (χ1) is 8.80. The predicted octanol–water partition coefficient (Wildman–Crippen LogP) is 0.382. The van der Waals surface area contributed by atoms with Crippen molar-refractivity contribution in [1.29, 1.82) is 0 Å². The summed E-state index contributed by atoms with van der Waals surface area (Å²) in [6.07, 6.45) is 1.40. The molecule has 0 amide bonds. The number of hydrogen-bond donors (Lipinski definition) is 2. The van der Waals surface area contributed by atoms with Gasteiger partial charge in [-0.05, 0) is 19.1 Å². The highest BCUT2D eigenvalue weighted by Crippen LogP contribution is 2.20. The predicted molar refractivity (Wildman–Crippen MR) is 64.7 cm³/mol. The third-order valence-electron chi connectivity index (χ3n) is 2.41. The first-order valence-electron chi connectivity index (χ1n) is 5.53. The Balaban J connectivity index is 3.17. The van der Waals surface area contributed by atoms with Gasteiger partial charge < -0.3 is 15.6 Å². The molecular formula is C12H14N2O5. The number of pyridine rings is 1. The molecule has 1 rings (SSSR count). The van der Waals surface area contributed by atoms with E-state index in [0.29, 0.717) is 0 Å². The number of esters is 1. The van der Waals surface area contributed by atoms with Crippen LogP contribution in [0.2, 0.25) is 0 Å². The van der Waals surface area contributed by atoms with Crippen molar-refractivity contribution < 1.29 is 24.2 Å². The molecule has 1 aromatic heterocycles. The molecule has 0 saturated carbocycles. The van der Waals surface area contributed by atoms with Gasteiger partial charge in [0, 0.05) is 12.6 Å². The Labute approximate surface area is 109 Å². The van der Waals surface area contributed by atoms with Crippen LogP contribution in [0.15, 0.2) is 18.3 Å². The highest BCUT2D eigenvalue weighted by atomic mass is 16.5. The van der Waals surface area contributed by atoms with E-state index in [9.17, 15) is 14.4 Å². The molecule has 0 aliphatic carbocycles. The molecule has 0 spiro atoms. The SMILES string of the molecule is CCC(=O)Oc1cccnc1C(=O)C(C)(N)C(=O)O. The summed E-state index contributed by atoms with van der Waals surface area (Å²) >= 11 is 0. The second-order valence-electron chi connectivity index (χ2n) is 4.01. The molecule has 7 nitrogen and oxygen atoms in total.